The Balaban J connectivity index is 1.95. The third-order valence-electron chi connectivity index (χ3n) is 3.18. The van der Waals surface area contributed by atoms with E-state index in [0.717, 1.165) is 11.3 Å². The average molecular weight is 328 g/mol. The molecular formula is C18H20N2O2S. The monoisotopic (exact) mass is 328 g/mol. The van der Waals surface area contributed by atoms with Gasteiger partial charge in [0.05, 0.1) is 0 Å². The number of benzene rings is 2. The molecule has 0 aromatic heterocycles. The summed E-state index contributed by atoms with van der Waals surface area (Å²) in [5.41, 5.74) is 1.87. The quantitative estimate of drug-likeness (QED) is 0.850. The van der Waals surface area contributed by atoms with Crippen molar-refractivity contribution in [2.75, 3.05) is 11.1 Å². The van der Waals surface area contributed by atoms with E-state index < -0.39 is 0 Å². The third kappa shape index (κ3) is 6.57. The number of hydrogen-bond acceptors (Lipinski definition) is 3. The van der Waals surface area contributed by atoms with Crippen molar-refractivity contribution in [1.82, 2.24) is 5.32 Å². The molecule has 2 aromatic carbocycles. The Bertz CT molecular complexity index is 632. The maximum atomic E-state index is 12.1. The molecule has 0 saturated heterocycles. The maximum Gasteiger partial charge on any atom is 0.319 e. The van der Waals surface area contributed by atoms with Crippen LogP contribution in [0.5, 0.6) is 0 Å². The zero-order chi connectivity index (χ0) is 16.5. The van der Waals surface area contributed by atoms with Crippen LogP contribution in [0.25, 0.3) is 0 Å². The first-order valence-electron chi connectivity index (χ1n) is 7.43. The molecule has 120 valence electrons. The van der Waals surface area contributed by atoms with Gasteiger partial charge >= 0.3 is 6.03 Å². The Morgan fingerprint density at radius 2 is 1.61 bits per heavy atom. The number of carbonyl (C=O) groups is 2. The number of para-hydroxylation sites is 1. The van der Waals surface area contributed by atoms with Crippen molar-refractivity contribution in [3.63, 3.8) is 0 Å². The van der Waals surface area contributed by atoms with E-state index in [1.165, 1.54) is 18.7 Å². The van der Waals surface area contributed by atoms with E-state index in [4.69, 9.17) is 0 Å². The lowest BCUT2D eigenvalue weighted by Crippen LogP contribution is -2.41. The third-order valence-corrected chi connectivity index (χ3v) is 4.16. The molecule has 1 unspecified atom stereocenters. The minimum Gasteiger partial charge on any atom is -0.334 e. The number of anilines is 1. The second kappa shape index (κ2) is 9.00. The van der Waals surface area contributed by atoms with Crippen LogP contribution in [0.15, 0.2) is 60.7 Å². The van der Waals surface area contributed by atoms with Gasteiger partial charge in [-0.05, 0) is 24.1 Å². The van der Waals surface area contributed by atoms with E-state index in [1.54, 1.807) is 0 Å². The summed E-state index contributed by atoms with van der Waals surface area (Å²) < 4.78 is 0. The first-order chi connectivity index (χ1) is 11.1. The molecule has 0 spiro atoms. The number of nitrogens with one attached hydrogen (secondary N) is 2. The normalized spacial score (nSPS) is 11.5. The van der Waals surface area contributed by atoms with Crippen molar-refractivity contribution in [3.8, 4) is 0 Å². The van der Waals surface area contributed by atoms with Gasteiger partial charge in [-0.1, -0.05) is 60.3 Å². The largest absolute Gasteiger partial charge is 0.334 e. The molecule has 0 aliphatic carbocycles. The minimum atomic E-state index is -0.263. The molecule has 2 rings (SSSR count). The van der Waals surface area contributed by atoms with Crippen molar-refractivity contribution >= 4 is 28.6 Å². The fourth-order valence-electron chi connectivity index (χ4n) is 2.14. The highest BCUT2D eigenvalue weighted by molar-refractivity contribution is 8.13. The lowest BCUT2D eigenvalue weighted by molar-refractivity contribution is -0.109. The fourth-order valence-corrected chi connectivity index (χ4v) is 2.78. The van der Waals surface area contributed by atoms with Gasteiger partial charge in [-0.3, -0.25) is 4.79 Å². The molecule has 2 N–H and O–H groups in total. The van der Waals surface area contributed by atoms with Crippen LogP contribution >= 0.6 is 11.8 Å². The second-order valence-electron chi connectivity index (χ2n) is 5.15. The molecule has 2 amide bonds. The highest BCUT2D eigenvalue weighted by Gasteiger charge is 2.14. The second-order valence-corrected chi connectivity index (χ2v) is 6.35. The van der Waals surface area contributed by atoms with Gasteiger partial charge in [0.2, 0.25) is 0 Å². The Labute approximate surface area is 140 Å². The van der Waals surface area contributed by atoms with E-state index in [2.05, 4.69) is 10.6 Å². The Hall–Kier alpha value is -2.27. The van der Waals surface area contributed by atoms with Crippen LogP contribution in [0.2, 0.25) is 0 Å². The Kier molecular flexibility index (Phi) is 6.69. The predicted octanol–water partition coefficient (Wildman–Crippen LogP) is 3.70. The van der Waals surface area contributed by atoms with Crippen molar-refractivity contribution in [3.05, 3.63) is 66.2 Å². The van der Waals surface area contributed by atoms with Gasteiger partial charge in [-0.2, -0.15) is 0 Å². The topological polar surface area (TPSA) is 58.2 Å². The van der Waals surface area contributed by atoms with E-state index in [1.807, 2.05) is 60.7 Å². The summed E-state index contributed by atoms with van der Waals surface area (Å²) in [5, 5.41) is 5.80. The number of hydrogen-bond donors (Lipinski definition) is 2. The molecule has 0 radical (unpaired) electrons. The molecule has 0 heterocycles. The highest BCUT2D eigenvalue weighted by Crippen LogP contribution is 2.11. The van der Waals surface area contributed by atoms with Gasteiger partial charge in [0.25, 0.3) is 0 Å². The molecular weight excluding hydrogens is 308 g/mol. The summed E-state index contributed by atoms with van der Waals surface area (Å²) in [4.78, 5) is 23.4. The zero-order valence-corrected chi connectivity index (χ0v) is 13.8. The van der Waals surface area contributed by atoms with Gasteiger partial charge in [-0.25, -0.2) is 4.79 Å². The molecule has 4 nitrogen and oxygen atoms in total. The first kappa shape index (κ1) is 17.1. The van der Waals surface area contributed by atoms with Crippen LogP contribution in [0.1, 0.15) is 12.5 Å². The summed E-state index contributed by atoms with van der Waals surface area (Å²) in [5.74, 6) is 0.548. The molecule has 0 bridgehead atoms. The molecule has 0 aliphatic heterocycles. The van der Waals surface area contributed by atoms with E-state index >= 15 is 0 Å². The maximum absolute atomic E-state index is 12.1. The van der Waals surface area contributed by atoms with Crippen molar-refractivity contribution in [1.29, 1.82) is 0 Å². The molecule has 2 aromatic rings. The molecule has 5 heteroatoms. The van der Waals surface area contributed by atoms with Gasteiger partial charge in [0, 0.05) is 24.4 Å². The highest BCUT2D eigenvalue weighted by atomic mass is 32.2. The fraction of sp³-hybridized carbons (Fsp3) is 0.222. The summed E-state index contributed by atoms with van der Waals surface area (Å²) in [7, 11) is 0. The van der Waals surface area contributed by atoms with Crippen LogP contribution in [-0.2, 0) is 11.2 Å². The van der Waals surface area contributed by atoms with Crippen molar-refractivity contribution < 1.29 is 9.59 Å². The first-order valence-corrected chi connectivity index (χ1v) is 8.42. The standard InChI is InChI=1S/C18H20N2O2S/c1-14(21)23-13-17(12-15-8-4-2-5-9-15)20-18(22)19-16-10-6-3-7-11-16/h2-11,17H,12-13H2,1H3,(H2,19,20,22). The van der Waals surface area contributed by atoms with Crippen LogP contribution in [-0.4, -0.2) is 22.9 Å². The van der Waals surface area contributed by atoms with Crippen molar-refractivity contribution in [2.45, 2.75) is 19.4 Å². The summed E-state index contributed by atoms with van der Waals surface area (Å²) >= 11 is 1.23. The lowest BCUT2D eigenvalue weighted by atomic mass is 10.1. The predicted molar refractivity (Wildman–Crippen MR) is 95.7 cm³/mol. The molecule has 0 saturated carbocycles. The zero-order valence-electron chi connectivity index (χ0n) is 13.0. The number of rotatable bonds is 6. The van der Waals surface area contributed by atoms with E-state index in [0.29, 0.717) is 12.2 Å². The van der Waals surface area contributed by atoms with Crippen LogP contribution in [0.3, 0.4) is 0 Å². The summed E-state index contributed by atoms with van der Waals surface area (Å²) in [6, 6.07) is 18.8. The summed E-state index contributed by atoms with van der Waals surface area (Å²) in [6.45, 7) is 1.54. The van der Waals surface area contributed by atoms with Gasteiger partial charge in [-0.15, -0.1) is 0 Å². The van der Waals surface area contributed by atoms with Crippen LogP contribution < -0.4 is 10.6 Å². The number of amides is 2. The number of carbonyl (C=O) groups excluding carboxylic acids is 2. The summed E-state index contributed by atoms with van der Waals surface area (Å²) in [6.07, 6.45) is 0.684. The average Bonchev–Trinajstić information content (AvgIpc) is 2.54. The molecule has 1 atom stereocenters. The van der Waals surface area contributed by atoms with Crippen LogP contribution in [0.4, 0.5) is 10.5 Å². The van der Waals surface area contributed by atoms with E-state index in [-0.39, 0.29) is 17.2 Å². The minimum absolute atomic E-state index is 0.0494. The SMILES string of the molecule is CC(=O)SCC(Cc1ccccc1)NC(=O)Nc1ccccc1. The smallest absolute Gasteiger partial charge is 0.319 e. The number of urea groups is 1. The van der Waals surface area contributed by atoms with Gasteiger partial charge in [0.15, 0.2) is 5.12 Å². The number of thioether (sulfide) groups is 1. The molecule has 0 aliphatic rings. The Morgan fingerprint density at radius 1 is 1.00 bits per heavy atom. The molecule has 23 heavy (non-hydrogen) atoms. The van der Waals surface area contributed by atoms with Crippen LogP contribution in [0, 0.1) is 0 Å². The van der Waals surface area contributed by atoms with Gasteiger partial charge < -0.3 is 10.6 Å². The van der Waals surface area contributed by atoms with Gasteiger partial charge in [0.1, 0.15) is 0 Å². The van der Waals surface area contributed by atoms with Crippen molar-refractivity contribution in [2.24, 2.45) is 0 Å². The Morgan fingerprint density at radius 3 is 2.22 bits per heavy atom. The van der Waals surface area contributed by atoms with E-state index in [9.17, 15) is 9.59 Å². The lowest BCUT2D eigenvalue weighted by Gasteiger charge is -2.18. The molecule has 0 fully saturated rings.